The van der Waals surface area contributed by atoms with E-state index in [9.17, 15) is 4.79 Å². The molecule has 1 unspecified atom stereocenters. The van der Waals surface area contributed by atoms with Crippen LogP contribution in [0.5, 0.6) is 0 Å². The van der Waals surface area contributed by atoms with E-state index in [2.05, 4.69) is 4.74 Å². The number of halogens is 1. The summed E-state index contributed by atoms with van der Waals surface area (Å²) in [7, 11) is 1.22. The number of rotatable bonds is 3. The molecule has 0 aromatic carbocycles. The van der Waals surface area contributed by atoms with Gasteiger partial charge >= 0.3 is 5.97 Å². The van der Waals surface area contributed by atoms with Crippen LogP contribution in [0.25, 0.3) is 0 Å². The van der Waals surface area contributed by atoms with Crippen molar-refractivity contribution in [1.82, 2.24) is 0 Å². The molecule has 0 amide bonds. The molecule has 62 valence electrons. The topological polar surface area (TPSA) is 72.5 Å². The first kappa shape index (κ1) is 12.4. The fourth-order valence-corrected chi connectivity index (χ4v) is 0.412. The quantitative estimate of drug-likeness (QED) is 0.548. The van der Waals surface area contributed by atoms with Gasteiger partial charge in [-0.15, -0.1) is 12.4 Å². The highest BCUT2D eigenvalue weighted by Crippen LogP contribution is 1.90. The van der Waals surface area contributed by atoms with Crippen LogP contribution in [0.4, 0.5) is 0 Å². The fourth-order valence-electron chi connectivity index (χ4n) is 0.412. The van der Waals surface area contributed by atoms with Gasteiger partial charge < -0.3 is 15.6 Å². The fraction of sp³-hybridized carbons (Fsp3) is 0.800. The first-order valence-corrected chi connectivity index (χ1v) is 2.68. The predicted octanol–water partition coefficient (Wildman–Crippen LogP) is -0.709. The Morgan fingerprint density at radius 2 is 2.30 bits per heavy atom. The minimum atomic E-state index is -1.06. The van der Waals surface area contributed by atoms with Gasteiger partial charge in [0.2, 0.25) is 0 Å². The van der Waals surface area contributed by atoms with Crippen molar-refractivity contribution in [2.45, 2.75) is 12.5 Å². The summed E-state index contributed by atoms with van der Waals surface area (Å²) < 4.78 is 4.22. The lowest BCUT2D eigenvalue weighted by Crippen LogP contribution is -2.24. The average molecular weight is 170 g/mol. The second-order valence-corrected chi connectivity index (χ2v) is 1.62. The van der Waals surface area contributed by atoms with Crippen molar-refractivity contribution in [2.24, 2.45) is 5.73 Å². The summed E-state index contributed by atoms with van der Waals surface area (Å²) in [5.41, 5.74) is 5.05. The molecule has 1 atom stereocenters. The molecule has 10 heavy (non-hydrogen) atoms. The largest absolute Gasteiger partial charge is 0.467 e. The number of esters is 1. The molecule has 0 radical (unpaired) electrons. The molecule has 0 bridgehead atoms. The normalized spacial score (nSPS) is 11.5. The Labute approximate surface area is 65.8 Å². The van der Waals surface area contributed by atoms with E-state index in [1.807, 2.05) is 0 Å². The van der Waals surface area contributed by atoms with Gasteiger partial charge in [-0.2, -0.15) is 0 Å². The number of hydrogen-bond donors (Lipinski definition) is 2. The summed E-state index contributed by atoms with van der Waals surface area (Å²) in [4.78, 5) is 10.4. The lowest BCUT2D eigenvalue weighted by atomic mass is 10.2. The van der Waals surface area contributed by atoms with Gasteiger partial charge in [0.15, 0.2) is 6.10 Å². The molecule has 0 saturated heterocycles. The van der Waals surface area contributed by atoms with Crippen LogP contribution < -0.4 is 5.73 Å². The van der Waals surface area contributed by atoms with Gasteiger partial charge in [-0.3, -0.25) is 0 Å². The van der Waals surface area contributed by atoms with Crippen LogP contribution in [-0.4, -0.2) is 30.8 Å². The molecule has 0 aliphatic heterocycles. The minimum Gasteiger partial charge on any atom is -0.467 e. The van der Waals surface area contributed by atoms with E-state index >= 15 is 0 Å². The molecule has 0 aromatic rings. The minimum absolute atomic E-state index is 0. The third kappa shape index (κ3) is 4.55. The predicted molar refractivity (Wildman–Crippen MR) is 38.9 cm³/mol. The SMILES string of the molecule is COC(=O)C(O)CCN.Cl. The van der Waals surface area contributed by atoms with Crippen LogP contribution in [0.15, 0.2) is 0 Å². The smallest absolute Gasteiger partial charge is 0.334 e. The molecule has 4 nitrogen and oxygen atoms in total. The molecule has 0 aliphatic carbocycles. The molecule has 0 aliphatic rings. The third-order valence-electron chi connectivity index (χ3n) is 0.913. The standard InChI is InChI=1S/C5H11NO3.ClH/c1-9-5(8)4(7)2-3-6;/h4,7H,2-3,6H2,1H3;1H. The highest BCUT2D eigenvalue weighted by Gasteiger charge is 2.12. The molecule has 0 rings (SSSR count). The summed E-state index contributed by atoms with van der Waals surface area (Å²) >= 11 is 0. The Hall–Kier alpha value is -0.320. The molecule has 0 spiro atoms. The monoisotopic (exact) mass is 169 g/mol. The zero-order valence-corrected chi connectivity index (χ0v) is 6.56. The second-order valence-electron chi connectivity index (χ2n) is 1.62. The van der Waals surface area contributed by atoms with Crippen molar-refractivity contribution in [2.75, 3.05) is 13.7 Å². The average Bonchev–Trinajstić information content (AvgIpc) is 1.87. The van der Waals surface area contributed by atoms with Crippen molar-refractivity contribution in [3.63, 3.8) is 0 Å². The Kier molecular flexibility index (Phi) is 8.40. The zero-order chi connectivity index (χ0) is 7.28. The summed E-state index contributed by atoms with van der Waals surface area (Å²) in [5.74, 6) is -0.625. The van der Waals surface area contributed by atoms with Crippen LogP contribution in [0.1, 0.15) is 6.42 Å². The van der Waals surface area contributed by atoms with Crippen LogP contribution in [0, 0.1) is 0 Å². The Balaban J connectivity index is 0. The Bertz CT molecular complexity index is 98.9. The van der Waals surface area contributed by atoms with Gasteiger partial charge in [-0.1, -0.05) is 0 Å². The molecule has 0 heterocycles. The van der Waals surface area contributed by atoms with Crippen molar-refractivity contribution in [3.8, 4) is 0 Å². The maximum atomic E-state index is 10.4. The van der Waals surface area contributed by atoms with E-state index in [4.69, 9.17) is 10.8 Å². The molecule has 0 aromatic heterocycles. The number of ether oxygens (including phenoxy) is 1. The lowest BCUT2D eigenvalue weighted by Gasteiger charge is -2.04. The van der Waals surface area contributed by atoms with Crippen molar-refractivity contribution < 1.29 is 14.6 Å². The van der Waals surface area contributed by atoms with Gasteiger partial charge in [-0.25, -0.2) is 4.79 Å². The Morgan fingerprint density at radius 1 is 1.80 bits per heavy atom. The number of carbonyl (C=O) groups excluding carboxylic acids is 1. The number of methoxy groups -OCH3 is 1. The van der Waals surface area contributed by atoms with E-state index in [1.165, 1.54) is 7.11 Å². The van der Waals surface area contributed by atoms with Crippen LogP contribution in [-0.2, 0) is 9.53 Å². The molecule has 0 fully saturated rings. The Morgan fingerprint density at radius 3 is 2.60 bits per heavy atom. The van der Waals surface area contributed by atoms with Crippen molar-refractivity contribution in [3.05, 3.63) is 0 Å². The van der Waals surface area contributed by atoms with E-state index in [0.29, 0.717) is 0 Å². The molecular formula is C5H12ClNO3. The van der Waals surface area contributed by atoms with Gasteiger partial charge in [0.05, 0.1) is 7.11 Å². The first-order valence-electron chi connectivity index (χ1n) is 2.68. The van der Waals surface area contributed by atoms with Crippen molar-refractivity contribution in [1.29, 1.82) is 0 Å². The number of aliphatic hydroxyl groups excluding tert-OH is 1. The van der Waals surface area contributed by atoms with Gasteiger partial charge in [0.25, 0.3) is 0 Å². The van der Waals surface area contributed by atoms with Crippen LogP contribution >= 0.6 is 12.4 Å². The molecule has 5 heteroatoms. The second kappa shape index (κ2) is 6.80. The summed E-state index contributed by atoms with van der Waals surface area (Å²) in [6.45, 7) is 0.288. The van der Waals surface area contributed by atoms with Crippen molar-refractivity contribution >= 4 is 18.4 Å². The molecular weight excluding hydrogens is 158 g/mol. The van der Waals surface area contributed by atoms with E-state index in [-0.39, 0.29) is 25.4 Å². The van der Waals surface area contributed by atoms with E-state index in [0.717, 1.165) is 0 Å². The maximum absolute atomic E-state index is 10.4. The highest BCUT2D eigenvalue weighted by molar-refractivity contribution is 5.85. The molecule has 0 saturated carbocycles. The summed E-state index contributed by atoms with van der Waals surface area (Å²) in [6, 6.07) is 0. The van der Waals surface area contributed by atoms with Gasteiger partial charge in [0, 0.05) is 0 Å². The maximum Gasteiger partial charge on any atom is 0.334 e. The zero-order valence-electron chi connectivity index (χ0n) is 5.74. The number of nitrogens with two attached hydrogens (primary N) is 1. The highest BCUT2D eigenvalue weighted by atomic mass is 35.5. The number of carbonyl (C=O) groups is 1. The van der Waals surface area contributed by atoms with E-state index < -0.39 is 12.1 Å². The van der Waals surface area contributed by atoms with E-state index in [1.54, 1.807) is 0 Å². The number of hydrogen-bond acceptors (Lipinski definition) is 4. The van der Waals surface area contributed by atoms with Gasteiger partial charge in [-0.05, 0) is 13.0 Å². The molecule has 3 N–H and O–H groups in total. The lowest BCUT2D eigenvalue weighted by molar-refractivity contribution is -0.150. The van der Waals surface area contributed by atoms with Gasteiger partial charge in [0.1, 0.15) is 0 Å². The number of aliphatic hydroxyl groups is 1. The summed E-state index contributed by atoms with van der Waals surface area (Å²) in [5, 5.41) is 8.76. The summed E-state index contributed by atoms with van der Waals surface area (Å²) in [6.07, 6.45) is -0.799. The van der Waals surface area contributed by atoms with Crippen LogP contribution in [0.2, 0.25) is 0 Å². The van der Waals surface area contributed by atoms with Crippen LogP contribution in [0.3, 0.4) is 0 Å². The third-order valence-corrected chi connectivity index (χ3v) is 0.913. The first-order chi connectivity index (χ1) is 4.22.